The maximum Gasteiger partial charge on any atom is 0.326 e. The lowest BCUT2D eigenvalue weighted by molar-refractivity contribution is -0.151. The van der Waals surface area contributed by atoms with Gasteiger partial charge in [0.2, 0.25) is 0 Å². The second-order valence-electron chi connectivity index (χ2n) is 4.93. The van der Waals surface area contributed by atoms with E-state index in [4.69, 9.17) is 4.74 Å². The van der Waals surface area contributed by atoms with E-state index in [1.54, 1.807) is 0 Å². The van der Waals surface area contributed by atoms with Crippen LogP contribution in [-0.4, -0.2) is 24.2 Å². The van der Waals surface area contributed by atoms with Gasteiger partial charge in [-0.1, -0.05) is 26.2 Å². The fourth-order valence-electron chi connectivity index (χ4n) is 1.93. The first-order valence-electron chi connectivity index (χ1n) is 6.57. The summed E-state index contributed by atoms with van der Waals surface area (Å²) in [5, 5.41) is 3.44. The van der Waals surface area contributed by atoms with Crippen LogP contribution in [0.3, 0.4) is 0 Å². The number of unbranched alkanes of at least 4 members (excludes halogenated alkanes) is 2. The molecule has 0 heterocycles. The Hall–Kier alpha value is -0.570. The van der Waals surface area contributed by atoms with Crippen molar-refractivity contribution in [2.75, 3.05) is 6.61 Å². The predicted octanol–water partition coefficient (Wildman–Crippen LogP) is 2.64. The van der Waals surface area contributed by atoms with Crippen LogP contribution in [0, 0.1) is 0 Å². The monoisotopic (exact) mass is 227 g/mol. The van der Waals surface area contributed by atoms with Crippen molar-refractivity contribution in [3.8, 4) is 0 Å². The molecule has 1 aliphatic carbocycles. The second-order valence-corrected chi connectivity index (χ2v) is 4.93. The summed E-state index contributed by atoms with van der Waals surface area (Å²) in [6, 6.07) is 0.538. The first kappa shape index (κ1) is 13.5. The second kappa shape index (κ2) is 6.24. The zero-order valence-electron chi connectivity index (χ0n) is 10.8. The Balaban J connectivity index is 2.47. The molecule has 1 atom stereocenters. The van der Waals surface area contributed by atoms with Crippen LogP contribution in [-0.2, 0) is 9.53 Å². The van der Waals surface area contributed by atoms with E-state index < -0.39 is 5.54 Å². The molecule has 0 saturated heterocycles. The Bertz CT molecular complexity index is 226. The molecule has 0 spiro atoms. The van der Waals surface area contributed by atoms with E-state index in [2.05, 4.69) is 12.2 Å². The largest absolute Gasteiger partial charge is 0.465 e. The van der Waals surface area contributed by atoms with Gasteiger partial charge in [0, 0.05) is 6.04 Å². The molecule has 1 fully saturated rings. The molecule has 1 saturated carbocycles. The molecular formula is C13H25NO2. The van der Waals surface area contributed by atoms with Crippen LogP contribution in [0.2, 0.25) is 0 Å². The smallest absolute Gasteiger partial charge is 0.326 e. The number of ether oxygens (including phenoxy) is 1. The van der Waals surface area contributed by atoms with Crippen LogP contribution in [0.5, 0.6) is 0 Å². The van der Waals surface area contributed by atoms with E-state index >= 15 is 0 Å². The van der Waals surface area contributed by atoms with Gasteiger partial charge < -0.3 is 4.74 Å². The molecule has 1 rings (SSSR count). The summed E-state index contributed by atoms with van der Waals surface area (Å²) in [6.45, 7) is 6.49. The lowest BCUT2D eigenvalue weighted by Gasteiger charge is -2.28. The minimum atomic E-state index is -0.466. The highest BCUT2D eigenvalue weighted by Gasteiger charge is 2.38. The summed E-state index contributed by atoms with van der Waals surface area (Å²) < 4.78 is 5.16. The molecule has 1 unspecified atom stereocenters. The van der Waals surface area contributed by atoms with Crippen LogP contribution in [0.4, 0.5) is 0 Å². The SMILES string of the molecule is CCCCCC(C)(NC1CC1)C(=O)OCC. The zero-order valence-corrected chi connectivity index (χ0v) is 10.8. The lowest BCUT2D eigenvalue weighted by Crippen LogP contribution is -2.51. The van der Waals surface area contributed by atoms with Gasteiger partial charge in [-0.15, -0.1) is 0 Å². The average molecular weight is 227 g/mol. The molecule has 0 amide bonds. The highest BCUT2D eigenvalue weighted by molar-refractivity contribution is 5.80. The molecule has 1 N–H and O–H groups in total. The van der Waals surface area contributed by atoms with E-state index in [0.717, 1.165) is 12.8 Å². The quantitative estimate of drug-likeness (QED) is 0.512. The van der Waals surface area contributed by atoms with Crippen molar-refractivity contribution >= 4 is 5.97 Å². The van der Waals surface area contributed by atoms with E-state index in [0.29, 0.717) is 12.6 Å². The van der Waals surface area contributed by atoms with Crippen molar-refractivity contribution < 1.29 is 9.53 Å². The fourth-order valence-corrected chi connectivity index (χ4v) is 1.93. The predicted molar refractivity (Wildman–Crippen MR) is 65.3 cm³/mol. The maximum atomic E-state index is 11.9. The average Bonchev–Trinajstić information content (AvgIpc) is 3.02. The van der Waals surface area contributed by atoms with Crippen molar-refractivity contribution in [1.82, 2.24) is 5.32 Å². The molecular weight excluding hydrogens is 202 g/mol. The molecule has 0 aromatic heterocycles. The lowest BCUT2D eigenvalue weighted by atomic mass is 9.94. The van der Waals surface area contributed by atoms with Gasteiger partial charge in [-0.2, -0.15) is 0 Å². The Kier molecular flexibility index (Phi) is 5.26. The van der Waals surface area contributed by atoms with Crippen LogP contribution < -0.4 is 5.32 Å². The number of esters is 1. The number of carbonyl (C=O) groups excluding carboxylic acids is 1. The van der Waals surface area contributed by atoms with Crippen molar-refractivity contribution in [2.24, 2.45) is 0 Å². The summed E-state index contributed by atoms with van der Waals surface area (Å²) in [6.07, 6.45) is 6.73. The molecule has 0 bridgehead atoms. The van der Waals surface area contributed by atoms with Gasteiger partial charge in [-0.05, 0) is 33.1 Å². The molecule has 0 aliphatic heterocycles. The first-order chi connectivity index (χ1) is 7.62. The fraction of sp³-hybridized carbons (Fsp3) is 0.923. The van der Waals surface area contributed by atoms with Gasteiger partial charge in [0.05, 0.1) is 6.61 Å². The Morgan fingerprint density at radius 1 is 1.38 bits per heavy atom. The van der Waals surface area contributed by atoms with E-state index in [9.17, 15) is 4.79 Å². The molecule has 16 heavy (non-hydrogen) atoms. The molecule has 3 heteroatoms. The number of hydrogen-bond donors (Lipinski definition) is 1. The van der Waals surface area contributed by atoms with Crippen LogP contribution in [0.15, 0.2) is 0 Å². The van der Waals surface area contributed by atoms with Crippen LogP contribution in [0.1, 0.15) is 59.3 Å². The van der Waals surface area contributed by atoms with Gasteiger partial charge in [0.15, 0.2) is 0 Å². The summed E-state index contributed by atoms with van der Waals surface area (Å²) in [5.74, 6) is -0.0852. The van der Waals surface area contributed by atoms with Crippen LogP contribution >= 0.6 is 0 Å². The third-order valence-corrected chi connectivity index (χ3v) is 3.11. The number of nitrogens with one attached hydrogen (secondary N) is 1. The minimum absolute atomic E-state index is 0.0852. The third-order valence-electron chi connectivity index (χ3n) is 3.11. The highest BCUT2D eigenvalue weighted by Crippen LogP contribution is 2.26. The van der Waals surface area contributed by atoms with Gasteiger partial charge in [0.25, 0.3) is 0 Å². The van der Waals surface area contributed by atoms with E-state index in [-0.39, 0.29) is 5.97 Å². The minimum Gasteiger partial charge on any atom is -0.465 e. The molecule has 94 valence electrons. The summed E-state index contributed by atoms with van der Waals surface area (Å²) in [4.78, 5) is 11.9. The summed E-state index contributed by atoms with van der Waals surface area (Å²) in [5.41, 5.74) is -0.466. The summed E-state index contributed by atoms with van der Waals surface area (Å²) >= 11 is 0. The molecule has 0 radical (unpaired) electrons. The van der Waals surface area contributed by atoms with Crippen molar-refractivity contribution in [1.29, 1.82) is 0 Å². The Morgan fingerprint density at radius 2 is 2.06 bits per heavy atom. The first-order valence-corrected chi connectivity index (χ1v) is 6.57. The van der Waals surface area contributed by atoms with Crippen LogP contribution in [0.25, 0.3) is 0 Å². The highest BCUT2D eigenvalue weighted by atomic mass is 16.5. The van der Waals surface area contributed by atoms with Gasteiger partial charge >= 0.3 is 5.97 Å². The summed E-state index contributed by atoms with van der Waals surface area (Å²) in [7, 11) is 0. The Morgan fingerprint density at radius 3 is 2.56 bits per heavy atom. The normalized spacial score (nSPS) is 19.2. The number of carbonyl (C=O) groups is 1. The number of hydrogen-bond acceptors (Lipinski definition) is 3. The standard InChI is InChI=1S/C13H25NO2/c1-4-6-7-10-13(3,12(15)16-5-2)14-11-8-9-11/h11,14H,4-10H2,1-3H3. The van der Waals surface area contributed by atoms with Gasteiger partial charge in [-0.3, -0.25) is 10.1 Å². The molecule has 0 aromatic rings. The Labute approximate surface area is 98.9 Å². The topological polar surface area (TPSA) is 38.3 Å². The molecule has 0 aromatic carbocycles. The van der Waals surface area contributed by atoms with E-state index in [1.807, 2.05) is 13.8 Å². The van der Waals surface area contributed by atoms with Gasteiger partial charge in [0.1, 0.15) is 5.54 Å². The zero-order chi connectivity index (χ0) is 12.0. The molecule has 3 nitrogen and oxygen atoms in total. The van der Waals surface area contributed by atoms with Crippen molar-refractivity contribution in [3.63, 3.8) is 0 Å². The molecule has 1 aliphatic rings. The van der Waals surface area contributed by atoms with Crippen molar-refractivity contribution in [2.45, 2.75) is 70.9 Å². The van der Waals surface area contributed by atoms with Crippen molar-refractivity contribution in [3.05, 3.63) is 0 Å². The third kappa shape index (κ3) is 4.12. The maximum absolute atomic E-state index is 11.9. The number of rotatable bonds is 8. The van der Waals surface area contributed by atoms with E-state index in [1.165, 1.54) is 25.7 Å². The van der Waals surface area contributed by atoms with Gasteiger partial charge in [-0.25, -0.2) is 0 Å².